The zero-order chi connectivity index (χ0) is 19.4. The number of Topliss-reactive ketones (excluding diaryl/α,β-unsaturated/α-hetero) is 1. The molecular weight excluding hydrogens is 360 g/mol. The Morgan fingerprint density at radius 3 is 2.11 bits per heavy atom. The average Bonchev–Trinajstić information content (AvgIpc) is 2.69. The zero-order valence-corrected chi connectivity index (χ0v) is 16.7. The van der Waals surface area contributed by atoms with Gasteiger partial charge in [0.15, 0.2) is 5.78 Å². The Balaban J connectivity index is 1.69. The van der Waals surface area contributed by atoms with Crippen LogP contribution >= 0.6 is 0 Å². The van der Waals surface area contributed by atoms with Crippen LogP contribution in [0.4, 0.5) is 5.69 Å². The Labute approximate surface area is 161 Å². The molecule has 0 unspecified atom stereocenters. The van der Waals surface area contributed by atoms with Gasteiger partial charge < -0.3 is 4.90 Å². The van der Waals surface area contributed by atoms with Gasteiger partial charge in [0.05, 0.1) is 4.90 Å². The van der Waals surface area contributed by atoms with E-state index in [2.05, 4.69) is 17.0 Å². The highest BCUT2D eigenvalue weighted by molar-refractivity contribution is 7.89. The lowest BCUT2D eigenvalue weighted by Crippen LogP contribution is -2.29. The molecule has 1 aliphatic rings. The molecule has 6 heteroatoms. The lowest BCUT2D eigenvalue weighted by Gasteiger charge is -2.29. The molecular formula is C21H26N2O3S. The summed E-state index contributed by atoms with van der Waals surface area (Å²) in [5, 5.41) is 0. The maximum Gasteiger partial charge on any atom is 0.243 e. The fourth-order valence-corrected chi connectivity index (χ4v) is 4.51. The third-order valence-corrected chi connectivity index (χ3v) is 6.85. The molecule has 3 rings (SSSR count). The quantitative estimate of drug-likeness (QED) is 0.711. The van der Waals surface area contributed by atoms with E-state index in [0.29, 0.717) is 12.1 Å². The highest BCUT2D eigenvalue weighted by Crippen LogP contribution is 2.22. The second-order valence-corrected chi connectivity index (χ2v) is 9.10. The molecule has 0 saturated carbocycles. The third-order valence-electron chi connectivity index (χ3n) is 5.03. The molecule has 5 nitrogen and oxygen atoms in total. The van der Waals surface area contributed by atoms with Gasteiger partial charge in [0, 0.05) is 37.9 Å². The number of benzene rings is 2. The number of hydrogen-bond acceptors (Lipinski definition) is 4. The third kappa shape index (κ3) is 4.57. The van der Waals surface area contributed by atoms with Crippen molar-refractivity contribution in [1.29, 1.82) is 0 Å². The monoisotopic (exact) mass is 386 g/mol. The molecule has 27 heavy (non-hydrogen) atoms. The summed E-state index contributed by atoms with van der Waals surface area (Å²) >= 11 is 0. The second-order valence-electron chi connectivity index (χ2n) is 7.06. The van der Waals surface area contributed by atoms with Gasteiger partial charge in [0.2, 0.25) is 10.0 Å². The lowest BCUT2D eigenvalue weighted by molar-refractivity contribution is 0.101. The SMILES string of the molecule is CC(=O)c1ccc(S(=O)(=O)N(C)Cc2ccc(N3CCCCC3)cc2)cc1. The first kappa shape index (κ1) is 19.6. The van der Waals surface area contributed by atoms with Gasteiger partial charge in [0.25, 0.3) is 0 Å². The Morgan fingerprint density at radius 1 is 0.963 bits per heavy atom. The van der Waals surface area contributed by atoms with Crippen molar-refractivity contribution in [3.05, 3.63) is 59.7 Å². The smallest absolute Gasteiger partial charge is 0.243 e. The van der Waals surface area contributed by atoms with E-state index in [9.17, 15) is 13.2 Å². The van der Waals surface area contributed by atoms with Gasteiger partial charge in [-0.05, 0) is 56.0 Å². The lowest BCUT2D eigenvalue weighted by atomic mass is 10.1. The minimum absolute atomic E-state index is 0.0823. The van der Waals surface area contributed by atoms with Crippen LogP contribution in [-0.4, -0.2) is 38.6 Å². The van der Waals surface area contributed by atoms with Gasteiger partial charge in [-0.25, -0.2) is 8.42 Å². The molecule has 0 radical (unpaired) electrons. The topological polar surface area (TPSA) is 57.7 Å². The molecule has 2 aromatic carbocycles. The summed E-state index contributed by atoms with van der Waals surface area (Å²) in [5.74, 6) is -0.0823. The molecule has 0 aliphatic carbocycles. The van der Waals surface area contributed by atoms with Crippen LogP contribution in [0.3, 0.4) is 0 Å². The number of ketones is 1. The summed E-state index contributed by atoms with van der Waals surface area (Å²) in [6.07, 6.45) is 3.75. The van der Waals surface area contributed by atoms with Crippen LogP contribution < -0.4 is 4.90 Å². The fraction of sp³-hybridized carbons (Fsp3) is 0.381. The molecule has 1 aliphatic heterocycles. The molecule has 0 spiro atoms. The Hall–Kier alpha value is -2.18. The van der Waals surface area contributed by atoms with E-state index in [0.717, 1.165) is 18.7 Å². The summed E-state index contributed by atoms with van der Waals surface area (Å²) in [6, 6.07) is 14.2. The van der Waals surface area contributed by atoms with Crippen molar-refractivity contribution in [2.75, 3.05) is 25.0 Å². The van der Waals surface area contributed by atoms with Gasteiger partial charge in [-0.15, -0.1) is 0 Å². The van der Waals surface area contributed by atoms with Crippen LogP contribution in [-0.2, 0) is 16.6 Å². The Morgan fingerprint density at radius 2 is 1.56 bits per heavy atom. The summed E-state index contributed by atoms with van der Waals surface area (Å²) in [6.45, 7) is 3.94. The molecule has 0 N–H and O–H groups in total. The van der Waals surface area contributed by atoms with Gasteiger partial charge in [-0.3, -0.25) is 4.79 Å². The summed E-state index contributed by atoms with van der Waals surface area (Å²) < 4.78 is 26.9. The van der Waals surface area contributed by atoms with Crippen LogP contribution in [0.1, 0.15) is 42.1 Å². The predicted octanol–water partition coefficient (Wildman–Crippen LogP) is 3.70. The van der Waals surface area contributed by atoms with Gasteiger partial charge in [-0.1, -0.05) is 24.3 Å². The highest BCUT2D eigenvalue weighted by atomic mass is 32.2. The standard InChI is InChI=1S/C21H26N2O3S/c1-17(24)19-8-12-21(13-9-19)27(25,26)22(2)16-18-6-10-20(11-7-18)23-14-4-3-5-15-23/h6-13H,3-5,14-16H2,1-2H3. The van der Waals surface area contributed by atoms with E-state index in [4.69, 9.17) is 0 Å². The van der Waals surface area contributed by atoms with E-state index < -0.39 is 10.0 Å². The number of carbonyl (C=O) groups is 1. The number of carbonyl (C=O) groups excluding carboxylic acids is 1. The highest BCUT2D eigenvalue weighted by Gasteiger charge is 2.21. The Bertz CT molecular complexity index is 884. The van der Waals surface area contributed by atoms with E-state index >= 15 is 0 Å². The van der Waals surface area contributed by atoms with Crippen molar-refractivity contribution in [3.63, 3.8) is 0 Å². The number of hydrogen-bond donors (Lipinski definition) is 0. The number of piperidine rings is 1. The fourth-order valence-electron chi connectivity index (χ4n) is 3.35. The molecule has 1 saturated heterocycles. The molecule has 144 valence electrons. The first-order valence-electron chi connectivity index (χ1n) is 9.29. The molecule has 0 aromatic heterocycles. The Kier molecular flexibility index (Phi) is 5.97. The van der Waals surface area contributed by atoms with Crippen molar-refractivity contribution >= 4 is 21.5 Å². The minimum atomic E-state index is -3.60. The van der Waals surface area contributed by atoms with E-state index in [1.54, 1.807) is 19.2 Å². The summed E-state index contributed by atoms with van der Waals surface area (Å²) in [7, 11) is -2.02. The van der Waals surface area contributed by atoms with Crippen molar-refractivity contribution in [2.24, 2.45) is 0 Å². The van der Waals surface area contributed by atoms with Crippen molar-refractivity contribution in [3.8, 4) is 0 Å². The molecule has 1 fully saturated rings. The van der Waals surface area contributed by atoms with Crippen LogP contribution in [0.25, 0.3) is 0 Å². The summed E-state index contributed by atoms with van der Waals surface area (Å²) in [5.41, 5.74) is 2.65. The molecule has 0 bridgehead atoms. The summed E-state index contributed by atoms with van der Waals surface area (Å²) in [4.78, 5) is 13.9. The number of anilines is 1. The maximum absolute atomic E-state index is 12.8. The van der Waals surface area contributed by atoms with Gasteiger partial charge >= 0.3 is 0 Å². The van der Waals surface area contributed by atoms with Crippen molar-refractivity contribution in [2.45, 2.75) is 37.6 Å². The van der Waals surface area contributed by atoms with Crippen LogP contribution in [0, 0.1) is 0 Å². The first-order valence-corrected chi connectivity index (χ1v) is 10.7. The second kappa shape index (κ2) is 8.23. The maximum atomic E-state index is 12.8. The minimum Gasteiger partial charge on any atom is -0.372 e. The average molecular weight is 387 g/mol. The number of nitrogens with zero attached hydrogens (tertiary/aromatic N) is 2. The van der Waals surface area contributed by atoms with E-state index in [1.807, 2.05) is 12.1 Å². The molecule has 2 aromatic rings. The van der Waals surface area contributed by atoms with Crippen molar-refractivity contribution < 1.29 is 13.2 Å². The molecule has 0 amide bonds. The number of rotatable bonds is 6. The van der Waals surface area contributed by atoms with Gasteiger partial charge in [0.1, 0.15) is 0 Å². The zero-order valence-electron chi connectivity index (χ0n) is 15.9. The van der Waals surface area contributed by atoms with Crippen LogP contribution in [0.15, 0.2) is 53.4 Å². The predicted molar refractivity (Wildman–Crippen MR) is 108 cm³/mol. The van der Waals surface area contributed by atoms with E-state index in [-0.39, 0.29) is 10.7 Å². The largest absolute Gasteiger partial charge is 0.372 e. The van der Waals surface area contributed by atoms with Crippen molar-refractivity contribution in [1.82, 2.24) is 4.31 Å². The normalized spacial score (nSPS) is 15.1. The molecule has 0 atom stereocenters. The molecule has 1 heterocycles. The number of sulfonamides is 1. The van der Waals surface area contributed by atoms with Crippen LogP contribution in [0.2, 0.25) is 0 Å². The first-order chi connectivity index (χ1) is 12.9. The van der Waals surface area contributed by atoms with E-state index in [1.165, 1.54) is 48.3 Å². The van der Waals surface area contributed by atoms with Crippen LogP contribution in [0.5, 0.6) is 0 Å². The van der Waals surface area contributed by atoms with Gasteiger partial charge in [-0.2, -0.15) is 4.31 Å².